The van der Waals surface area contributed by atoms with Crippen LogP contribution >= 0.6 is 0 Å². The van der Waals surface area contributed by atoms with Crippen molar-refractivity contribution >= 4 is 30.2 Å². The molecule has 0 atom stereocenters. The first-order chi connectivity index (χ1) is 7.72. The minimum atomic E-state index is -0.285. The first kappa shape index (κ1) is 10.7. The van der Waals surface area contributed by atoms with Gasteiger partial charge in [-0.05, 0) is 36.6 Å². The van der Waals surface area contributed by atoms with Gasteiger partial charge in [0.2, 0.25) is 0 Å². The van der Waals surface area contributed by atoms with E-state index in [0.29, 0.717) is 12.2 Å². The van der Waals surface area contributed by atoms with Crippen molar-refractivity contribution < 1.29 is 9.53 Å². The summed E-state index contributed by atoms with van der Waals surface area (Å²) in [5, 5.41) is 0.994. The number of hydrogen-bond acceptors (Lipinski definition) is 3. The van der Waals surface area contributed by atoms with Crippen molar-refractivity contribution in [2.45, 2.75) is 6.92 Å². The van der Waals surface area contributed by atoms with Crippen molar-refractivity contribution in [3.05, 3.63) is 36.0 Å². The Morgan fingerprint density at radius 1 is 1.44 bits per heavy atom. The van der Waals surface area contributed by atoms with Crippen LogP contribution in [0.1, 0.15) is 17.3 Å². The zero-order valence-corrected chi connectivity index (χ0v) is 9.36. The molecule has 0 aliphatic rings. The molecular weight excluding hydrogens is 201 g/mol. The Kier molecular flexibility index (Phi) is 2.90. The molecule has 1 aromatic heterocycles. The smallest absolute Gasteiger partial charge is 0.338 e. The molecule has 1 heterocycles. The highest BCUT2D eigenvalue weighted by molar-refractivity contribution is 6.38. The molecule has 0 radical (unpaired) electrons. The molecule has 2 rings (SSSR count). The molecule has 0 amide bonds. The molecule has 0 aliphatic heterocycles. The minimum absolute atomic E-state index is 0.285. The maximum absolute atomic E-state index is 11.6. The van der Waals surface area contributed by atoms with Crippen molar-refractivity contribution in [2.75, 3.05) is 6.61 Å². The van der Waals surface area contributed by atoms with Gasteiger partial charge in [-0.15, -0.1) is 0 Å². The van der Waals surface area contributed by atoms with Gasteiger partial charge in [-0.1, -0.05) is 5.46 Å². The zero-order valence-electron chi connectivity index (χ0n) is 9.36. The summed E-state index contributed by atoms with van der Waals surface area (Å²) in [6.07, 6.45) is 1.77. The van der Waals surface area contributed by atoms with Crippen LogP contribution in [0.25, 0.3) is 10.9 Å². The zero-order chi connectivity index (χ0) is 11.5. The van der Waals surface area contributed by atoms with E-state index in [1.807, 2.05) is 26.0 Å². The van der Waals surface area contributed by atoms with Gasteiger partial charge in [0.1, 0.15) is 7.85 Å². The van der Waals surface area contributed by atoms with Gasteiger partial charge in [0, 0.05) is 6.20 Å². The summed E-state index contributed by atoms with van der Waals surface area (Å²) in [6.45, 7) is 2.19. The van der Waals surface area contributed by atoms with E-state index in [2.05, 4.69) is 4.98 Å². The maximum Gasteiger partial charge on any atom is 0.338 e. The van der Waals surface area contributed by atoms with E-state index in [4.69, 9.17) is 4.74 Å². The first-order valence-electron chi connectivity index (χ1n) is 5.25. The van der Waals surface area contributed by atoms with Crippen LogP contribution in [0, 0.1) is 0 Å². The number of nitrogens with zero attached hydrogens (tertiary/aromatic N) is 1. The van der Waals surface area contributed by atoms with Crippen LogP contribution in [0.3, 0.4) is 0 Å². The van der Waals surface area contributed by atoms with E-state index >= 15 is 0 Å². The Bertz CT molecular complexity index is 540. The maximum atomic E-state index is 11.6. The highest BCUT2D eigenvalue weighted by atomic mass is 16.5. The molecular formula is C12H12BNO2. The summed E-state index contributed by atoms with van der Waals surface area (Å²) in [7, 11) is 2.00. The van der Waals surface area contributed by atoms with Gasteiger partial charge in [-0.25, -0.2) is 4.79 Å². The lowest BCUT2D eigenvalue weighted by Crippen LogP contribution is -2.08. The van der Waals surface area contributed by atoms with Crippen LogP contribution in [0.5, 0.6) is 0 Å². The van der Waals surface area contributed by atoms with Crippen molar-refractivity contribution in [3.63, 3.8) is 0 Å². The van der Waals surface area contributed by atoms with Crippen LogP contribution in [0.15, 0.2) is 30.5 Å². The van der Waals surface area contributed by atoms with Crippen molar-refractivity contribution in [2.24, 2.45) is 0 Å². The van der Waals surface area contributed by atoms with Gasteiger partial charge < -0.3 is 4.74 Å². The molecule has 2 aromatic rings. The van der Waals surface area contributed by atoms with Crippen molar-refractivity contribution in [1.29, 1.82) is 0 Å². The molecule has 0 saturated heterocycles. The summed E-state index contributed by atoms with van der Waals surface area (Å²) in [5.74, 6) is -0.285. The molecule has 16 heavy (non-hydrogen) atoms. The lowest BCUT2D eigenvalue weighted by molar-refractivity contribution is 0.0526. The second kappa shape index (κ2) is 4.35. The number of carbonyl (C=O) groups is 1. The van der Waals surface area contributed by atoms with E-state index in [1.54, 1.807) is 19.2 Å². The van der Waals surface area contributed by atoms with E-state index < -0.39 is 0 Å². The first-order valence-corrected chi connectivity index (χ1v) is 5.25. The molecule has 0 fully saturated rings. The fourth-order valence-corrected chi connectivity index (χ4v) is 1.63. The molecule has 3 nitrogen and oxygen atoms in total. The van der Waals surface area contributed by atoms with Gasteiger partial charge in [0.05, 0.1) is 17.7 Å². The average molecular weight is 213 g/mol. The van der Waals surface area contributed by atoms with Crippen LogP contribution in [0.2, 0.25) is 0 Å². The summed E-state index contributed by atoms with van der Waals surface area (Å²) in [6, 6.07) is 7.34. The van der Waals surface area contributed by atoms with Gasteiger partial charge >= 0.3 is 5.97 Å². The standard InChI is InChI=1S/C12H12BNO2/c1-2-16-12(15)8-3-4-11-9(7-8)10(13)5-6-14-11/h3-7H,2,13H2,1H3. The third-order valence-corrected chi connectivity index (χ3v) is 2.47. The molecule has 0 bridgehead atoms. The number of pyridine rings is 1. The molecule has 0 aliphatic carbocycles. The highest BCUT2D eigenvalue weighted by Crippen LogP contribution is 2.12. The Balaban J connectivity index is 2.51. The highest BCUT2D eigenvalue weighted by Gasteiger charge is 2.07. The second-order valence-electron chi connectivity index (χ2n) is 3.58. The van der Waals surface area contributed by atoms with Crippen molar-refractivity contribution in [1.82, 2.24) is 4.98 Å². The Labute approximate surface area is 94.9 Å². The molecule has 0 N–H and O–H groups in total. The minimum Gasteiger partial charge on any atom is -0.462 e. The molecule has 0 unspecified atom stereocenters. The Morgan fingerprint density at radius 3 is 3.00 bits per heavy atom. The van der Waals surface area contributed by atoms with E-state index in [1.165, 1.54) is 0 Å². The number of carbonyl (C=O) groups excluding carboxylic acids is 1. The predicted octanol–water partition coefficient (Wildman–Crippen LogP) is 0.670. The fourth-order valence-electron chi connectivity index (χ4n) is 1.63. The predicted molar refractivity (Wildman–Crippen MR) is 65.9 cm³/mol. The third kappa shape index (κ3) is 1.91. The van der Waals surface area contributed by atoms with Crippen LogP contribution in [-0.2, 0) is 4.74 Å². The third-order valence-electron chi connectivity index (χ3n) is 2.47. The number of fused-ring (bicyclic) bond motifs is 1. The summed E-state index contributed by atoms with van der Waals surface area (Å²) in [4.78, 5) is 15.8. The lowest BCUT2D eigenvalue weighted by atomic mass is 9.92. The van der Waals surface area contributed by atoms with E-state index in [-0.39, 0.29) is 5.97 Å². The number of benzene rings is 1. The average Bonchev–Trinajstić information content (AvgIpc) is 2.29. The van der Waals surface area contributed by atoms with Crippen LogP contribution in [-0.4, -0.2) is 25.4 Å². The quantitative estimate of drug-likeness (QED) is 0.543. The topological polar surface area (TPSA) is 39.2 Å². The van der Waals surface area contributed by atoms with Gasteiger partial charge in [0.15, 0.2) is 0 Å². The summed E-state index contributed by atoms with van der Waals surface area (Å²) < 4.78 is 4.96. The molecule has 0 spiro atoms. The van der Waals surface area contributed by atoms with Crippen LogP contribution in [0.4, 0.5) is 0 Å². The molecule has 0 saturated carbocycles. The summed E-state index contributed by atoms with van der Waals surface area (Å²) in [5.41, 5.74) is 2.58. The van der Waals surface area contributed by atoms with Gasteiger partial charge in [0.25, 0.3) is 0 Å². The SMILES string of the molecule is Bc1ccnc2ccc(C(=O)OCC)cc12. The van der Waals surface area contributed by atoms with E-state index in [9.17, 15) is 4.79 Å². The molecule has 80 valence electrons. The normalized spacial score (nSPS) is 10.3. The molecule has 4 heteroatoms. The van der Waals surface area contributed by atoms with Crippen LogP contribution < -0.4 is 5.46 Å². The fraction of sp³-hybridized carbons (Fsp3) is 0.167. The Hall–Kier alpha value is -1.84. The van der Waals surface area contributed by atoms with Crippen molar-refractivity contribution in [3.8, 4) is 0 Å². The number of aromatic nitrogens is 1. The second-order valence-corrected chi connectivity index (χ2v) is 3.58. The van der Waals surface area contributed by atoms with Gasteiger partial charge in [-0.3, -0.25) is 4.98 Å². The number of ether oxygens (including phenoxy) is 1. The Morgan fingerprint density at radius 2 is 2.25 bits per heavy atom. The largest absolute Gasteiger partial charge is 0.462 e. The molecule has 1 aromatic carbocycles. The number of hydrogen-bond donors (Lipinski definition) is 0. The summed E-state index contributed by atoms with van der Waals surface area (Å²) >= 11 is 0. The lowest BCUT2D eigenvalue weighted by Gasteiger charge is -2.05. The van der Waals surface area contributed by atoms with E-state index in [0.717, 1.165) is 16.4 Å². The number of rotatable bonds is 2. The monoisotopic (exact) mass is 213 g/mol. The number of esters is 1. The van der Waals surface area contributed by atoms with Gasteiger partial charge in [-0.2, -0.15) is 0 Å².